The van der Waals surface area contributed by atoms with Gasteiger partial charge < -0.3 is 14.6 Å². The number of fused-ring (bicyclic) bond motifs is 1. The third-order valence-electron chi connectivity index (χ3n) is 4.82. The lowest BCUT2D eigenvalue weighted by molar-refractivity contribution is 0.0773. The van der Waals surface area contributed by atoms with Crippen LogP contribution >= 0.6 is 11.6 Å². The first-order valence-corrected chi connectivity index (χ1v) is 8.93. The average Bonchev–Trinajstić information content (AvgIpc) is 3.10. The van der Waals surface area contributed by atoms with Crippen LogP contribution in [0, 0.1) is 0 Å². The lowest BCUT2D eigenvalue weighted by Gasteiger charge is -2.26. The van der Waals surface area contributed by atoms with Crippen LogP contribution in [0.1, 0.15) is 22.3 Å². The first-order chi connectivity index (χ1) is 12.7. The first kappa shape index (κ1) is 16.7. The maximum Gasteiger partial charge on any atom is 0.254 e. The van der Waals surface area contributed by atoms with Crippen molar-refractivity contribution in [1.82, 2.24) is 9.88 Å². The van der Waals surface area contributed by atoms with Gasteiger partial charge in [-0.2, -0.15) is 0 Å². The summed E-state index contributed by atoms with van der Waals surface area (Å²) in [6.45, 7) is 1.32. The zero-order chi connectivity index (χ0) is 18.1. The Labute approximate surface area is 157 Å². The van der Waals surface area contributed by atoms with E-state index in [0.29, 0.717) is 18.7 Å². The van der Waals surface area contributed by atoms with Crippen molar-refractivity contribution in [3.63, 3.8) is 0 Å². The largest absolute Gasteiger partial charge is 0.497 e. The molecule has 4 nitrogen and oxygen atoms in total. The quantitative estimate of drug-likeness (QED) is 0.726. The number of aromatic nitrogens is 1. The minimum absolute atomic E-state index is 0.0497. The molecule has 26 heavy (non-hydrogen) atoms. The van der Waals surface area contributed by atoms with Crippen molar-refractivity contribution >= 4 is 34.0 Å². The zero-order valence-corrected chi connectivity index (χ0v) is 15.2. The van der Waals surface area contributed by atoms with Gasteiger partial charge in [-0.3, -0.25) is 4.79 Å². The number of amides is 1. The Kier molecular flexibility index (Phi) is 4.43. The fraction of sp³-hybridized carbons (Fsp3) is 0.190. The second-order valence-electron chi connectivity index (χ2n) is 6.35. The van der Waals surface area contributed by atoms with Crippen LogP contribution in [0.25, 0.3) is 16.5 Å². The van der Waals surface area contributed by atoms with Gasteiger partial charge in [-0.15, -0.1) is 0 Å². The highest BCUT2D eigenvalue weighted by atomic mass is 35.5. The van der Waals surface area contributed by atoms with Crippen LogP contribution in [-0.2, 0) is 0 Å². The van der Waals surface area contributed by atoms with Gasteiger partial charge in [0.15, 0.2) is 0 Å². The van der Waals surface area contributed by atoms with Crippen molar-refractivity contribution in [3.05, 3.63) is 70.9 Å². The summed E-state index contributed by atoms with van der Waals surface area (Å²) >= 11 is 6.06. The number of hydrogen-bond donors (Lipinski definition) is 1. The van der Waals surface area contributed by atoms with E-state index >= 15 is 0 Å². The Bertz CT molecular complexity index is 989. The summed E-state index contributed by atoms with van der Waals surface area (Å²) in [6, 6.07) is 13.1. The number of carbonyl (C=O) groups is 1. The number of halogens is 1. The van der Waals surface area contributed by atoms with E-state index in [0.717, 1.165) is 28.1 Å². The molecule has 0 spiro atoms. The number of benzene rings is 2. The molecule has 0 radical (unpaired) electrons. The van der Waals surface area contributed by atoms with E-state index in [1.165, 1.54) is 11.1 Å². The Morgan fingerprint density at radius 2 is 2.00 bits per heavy atom. The summed E-state index contributed by atoms with van der Waals surface area (Å²) in [5.41, 5.74) is 4.17. The van der Waals surface area contributed by atoms with Crippen LogP contribution in [0.3, 0.4) is 0 Å². The molecule has 4 rings (SSSR count). The van der Waals surface area contributed by atoms with Gasteiger partial charge in [-0.05, 0) is 48.4 Å². The van der Waals surface area contributed by atoms with Gasteiger partial charge in [0.25, 0.3) is 5.91 Å². The summed E-state index contributed by atoms with van der Waals surface area (Å²) in [5.74, 6) is 0.801. The molecule has 132 valence electrons. The van der Waals surface area contributed by atoms with Crippen molar-refractivity contribution in [2.24, 2.45) is 0 Å². The van der Waals surface area contributed by atoms with Gasteiger partial charge in [0, 0.05) is 46.3 Å². The summed E-state index contributed by atoms with van der Waals surface area (Å²) in [4.78, 5) is 17.8. The molecule has 2 aromatic carbocycles. The Morgan fingerprint density at radius 3 is 2.69 bits per heavy atom. The molecule has 0 saturated carbocycles. The highest BCUT2D eigenvalue weighted by Gasteiger charge is 2.20. The molecule has 2 heterocycles. The standard InChI is InChI=1S/C21H19ClN2O2/c1-26-17-5-2-15(3-6-17)21(25)24-10-8-14(9-11-24)19-13-23-20-12-16(22)4-7-18(19)20/h2-8,12-13,23H,9-11H2,1H3. The number of H-pyrrole nitrogens is 1. The minimum atomic E-state index is 0.0497. The Morgan fingerprint density at radius 1 is 1.19 bits per heavy atom. The van der Waals surface area contributed by atoms with Crippen molar-refractivity contribution in [2.45, 2.75) is 6.42 Å². The predicted octanol–water partition coefficient (Wildman–Crippen LogP) is 4.76. The van der Waals surface area contributed by atoms with Crippen LogP contribution in [-0.4, -0.2) is 36.0 Å². The zero-order valence-electron chi connectivity index (χ0n) is 14.5. The van der Waals surface area contributed by atoms with E-state index in [2.05, 4.69) is 11.1 Å². The molecule has 0 bridgehead atoms. The molecular formula is C21H19ClN2O2. The topological polar surface area (TPSA) is 45.3 Å². The van der Waals surface area contributed by atoms with E-state index in [1.807, 2.05) is 53.6 Å². The van der Waals surface area contributed by atoms with Gasteiger partial charge in [-0.25, -0.2) is 0 Å². The maximum atomic E-state index is 12.7. The second kappa shape index (κ2) is 6.89. The molecule has 1 aliphatic rings. The molecule has 0 unspecified atom stereocenters. The van der Waals surface area contributed by atoms with Gasteiger partial charge in [-0.1, -0.05) is 23.7 Å². The summed E-state index contributed by atoms with van der Waals surface area (Å²) in [5, 5.41) is 1.88. The van der Waals surface area contributed by atoms with Crippen molar-refractivity contribution in [2.75, 3.05) is 20.2 Å². The fourth-order valence-electron chi connectivity index (χ4n) is 3.38. The number of nitrogens with zero attached hydrogens (tertiary/aromatic N) is 1. The number of rotatable bonds is 3. The number of aromatic amines is 1. The summed E-state index contributed by atoms with van der Waals surface area (Å²) in [7, 11) is 1.62. The highest BCUT2D eigenvalue weighted by molar-refractivity contribution is 6.31. The third kappa shape index (κ3) is 3.08. The molecule has 0 saturated heterocycles. The highest BCUT2D eigenvalue weighted by Crippen LogP contribution is 2.31. The van der Waals surface area contributed by atoms with Crippen LogP contribution in [0.15, 0.2) is 54.7 Å². The van der Waals surface area contributed by atoms with Crippen LogP contribution < -0.4 is 4.74 Å². The molecule has 0 atom stereocenters. The van der Waals surface area contributed by atoms with Gasteiger partial charge in [0.1, 0.15) is 5.75 Å². The first-order valence-electron chi connectivity index (χ1n) is 8.55. The van der Waals surface area contributed by atoms with Gasteiger partial charge in [0.2, 0.25) is 0 Å². The number of ether oxygens (including phenoxy) is 1. The van der Waals surface area contributed by atoms with E-state index < -0.39 is 0 Å². The molecule has 1 aromatic heterocycles. The Balaban J connectivity index is 1.52. The molecule has 1 N–H and O–H groups in total. The van der Waals surface area contributed by atoms with E-state index in [9.17, 15) is 4.79 Å². The summed E-state index contributed by atoms with van der Waals surface area (Å²) < 4.78 is 5.15. The lowest BCUT2D eigenvalue weighted by Crippen LogP contribution is -2.34. The third-order valence-corrected chi connectivity index (χ3v) is 5.06. The number of nitrogens with one attached hydrogen (secondary N) is 1. The minimum Gasteiger partial charge on any atom is -0.497 e. The molecule has 0 aliphatic carbocycles. The van der Waals surface area contributed by atoms with E-state index in [1.54, 1.807) is 7.11 Å². The monoisotopic (exact) mass is 366 g/mol. The van der Waals surface area contributed by atoms with Crippen LogP contribution in [0.2, 0.25) is 5.02 Å². The maximum absolute atomic E-state index is 12.7. The number of methoxy groups -OCH3 is 1. The number of hydrogen-bond acceptors (Lipinski definition) is 2. The Hall–Kier alpha value is -2.72. The smallest absolute Gasteiger partial charge is 0.254 e. The lowest BCUT2D eigenvalue weighted by atomic mass is 9.98. The van der Waals surface area contributed by atoms with Crippen molar-refractivity contribution in [3.8, 4) is 5.75 Å². The summed E-state index contributed by atoms with van der Waals surface area (Å²) in [6.07, 6.45) is 4.99. The molecule has 1 amide bonds. The van der Waals surface area contributed by atoms with Crippen molar-refractivity contribution in [1.29, 1.82) is 0 Å². The van der Waals surface area contributed by atoms with Crippen molar-refractivity contribution < 1.29 is 9.53 Å². The molecule has 1 aliphatic heterocycles. The predicted molar refractivity (Wildman–Crippen MR) is 105 cm³/mol. The average molecular weight is 367 g/mol. The van der Waals surface area contributed by atoms with Gasteiger partial charge in [0.05, 0.1) is 7.11 Å². The van der Waals surface area contributed by atoms with E-state index in [4.69, 9.17) is 16.3 Å². The fourth-order valence-corrected chi connectivity index (χ4v) is 3.55. The molecule has 5 heteroatoms. The van der Waals surface area contributed by atoms with Crippen LogP contribution in [0.5, 0.6) is 5.75 Å². The molecule has 3 aromatic rings. The SMILES string of the molecule is COc1ccc(C(=O)N2CC=C(c3c[nH]c4cc(Cl)ccc34)CC2)cc1. The van der Waals surface area contributed by atoms with Gasteiger partial charge >= 0.3 is 0 Å². The second-order valence-corrected chi connectivity index (χ2v) is 6.79. The normalized spacial score (nSPS) is 14.4. The molecular weight excluding hydrogens is 348 g/mol. The van der Waals surface area contributed by atoms with E-state index in [-0.39, 0.29) is 5.91 Å². The number of carbonyl (C=O) groups excluding carboxylic acids is 1. The molecule has 0 fully saturated rings. The van der Waals surface area contributed by atoms with Crippen LogP contribution in [0.4, 0.5) is 0 Å².